The van der Waals surface area contributed by atoms with Gasteiger partial charge in [-0.2, -0.15) is 0 Å². The van der Waals surface area contributed by atoms with Crippen molar-refractivity contribution in [2.75, 3.05) is 18.4 Å². The number of carboxylic acid groups (broad SMARTS) is 1. The Morgan fingerprint density at radius 3 is 2.35 bits per heavy atom. The van der Waals surface area contributed by atoms with Crippen LogP contribution in [0.3, 0.4) is 0 Å². The van der Waals surface area contributed by atoms with Gasteiger partial charge < -0.3 is 26.2 Å². The zero-order chi connectivity index (χ0) is 26.1. The van der Waals surface area contributed by atoms with Crippen LogP contribution in [0.4, 0.5) is 5.95 Å². The van der Waals surface area contributed by atoms with Gasteiger partial charge in [0, 0.05) is 19.3 Å². The largest absolute Gasteiger partial charge is 0.508 e. The molecule has 0 saturated heterocycles. The molecular weight excluding hydrogens is 476 g/mol. The summed E-state index contributed by atoms with van der Waals surface area (Å²) in [4.78, 5) is 49.3. The number of phenols is 1. The first-order valence-corrected chi connectivity index (χ1v) is 11.3. The molecule has 1 aromatic carbocycles. The summed E-state index contributed by atoms with van der Waals surface area (Å²) in [6.07, 6.45) is 2.98. The standard InChI is InChI=1S/C25H28N6O5.CH4/c1-15-21(16(2)30-25(29-15)27-12-6-8-17-7-5-9-18(32)13-17)23(34)31-20(24(35)36)14-28-22(33)19-10-3-4-11-26-19;/h3-5,7,9-11,13,20,32H,6,8,12,14H2,1-2H3,(H,28,33)(H,31,34)(H,35,36)(H,27,29,30);1H4/t20-;/m0./s1. The van der Waals surface area contributed by atoms with Crippen LogP contribution in [0.15, 0.2) is 48.7 Å². The highest BCUT2D eigenvalue weighted by atomic mass is 16.4. The Hall–Kier alpha value is -4.54. The fraction of sp³-hybridized carbons (Fsp3) is 0.308. The van der Waals surface area contributed by atoms with E-state index in [4.69, 9.17) is 0 Å². The van der Waals surface area contributed by atoms with Gasteiger partial charge in [0.1, 0.15) is 17.5 Å². The van der Waals surface area contributed by atoms with Gasteiger partial charge in [0.05, 0.1) is 17.0 Å². The van der Waals surface area contributed by atoms with Gasteiger partial charge in [-0.15, -0.1) is 0 Å². The molecule has 37 heavy (non-hydrogen) atoms. The van der Waals surface area contributed by atoms with Gasteiger partial charge in [-0.05, 0) is 56.5 Å². The number of carbonyl (C=O) groups excluding carboxylic acids is 2. The summed E-state index contributed by atoms with van der Waals surface area (Å²) in [6, 6.07) is 10.5. The summed E-state index contributed by atoms with van der Waals surface area (Å²) < 4.78 is 0. The highest BCUT2D eigenvalue weighted by Crippen LogP contribution is 2.15. The number of carbonyl (C=O) groups is 3. The van der Waals surface area contributed by atoms with Gasteiger partial charge in [-0.25, -0.2) is 14.8 Å². The summed E-state index contributed by atoms with van der Waals surface area (Å²) in [7, 11) is 0. The number of aromatic nitrogens is 3. The molecule has 11 nitrogen and oxygen atoms in total. The van der Waals surface area contributed by atoms with E-state index >= 15 is 0 Å². The molecule has 3 aromatic rings. The molecule has 0 saturated carbocycles. The number of phenolic OH excluding ortho intramolecular Hbond substituents is 1. The molecule has 0 bridgehead atoms. The summed E-state index contributed by atoms with van der Waals surface area (Å²) >= 11 is 0. The van der Waals surface area contributed by atoms with E-state index in [2.05, 4.69) is 30.9 Å². The maximum absolute atomic E-state index is 12.9. The van der Waals surface area contributed by atoms with E-state index in [1.807, 2.05) is 6.07 Å². The minimum absolute atomic E-state index is 0. The van der Waals surface area contributed by atoms with Crippen molar-refractivity contribution in [3.05, 3.63) is 76.9 Å². The SMILES string of the molecule is C.Cc1nc(NCCCc2cccc(O)c2)nc(C)c1C(=O)N[C@@H](CNC(=O)c1ccccn1)C(=O)O. The fourth-order valence-electron chi connectivity index (χ4n) is 3.54. The number of aliphatic carboxylic acids is 1. The molecule has 5 N–H and O–H groups in total. The highest BCUT2D eigenvalue weighted by Gasteiger charge is 2.24. The normalized spacial score (nSPS) is 11.1. The number of amides is 2. The maximum atomic E-state index is 12.9. The molecule has 2 aromatic heterocycles. The third-order valence-electron chi connectivity index (χ3n) is 5.30. The summed E-state index contributed by atoms with van der Waals surface area (Å²) in [5, 5.41) is 27.1. The van der Waals surface area contributed by atoms with E-state index < -0.39 is 23.8 Å². The lowest BCUT2D eigenvalue weighted by Crippen LogP contribution is -2.48. The van der Waals surface area contributed by atoms with Gasteiger partial charge >= 0.3 is 5.97 Å². The Morgan fingerprint density at radius 1 is 1.00 bits per heavy atom. The van der Waals surface area contributed by atoms with Crippen molar-refractivity contribution in [2.24, 2.45) is 0 Å². The maximum Gasteiger partial charge on any atom is 0.328 e. The lowest BCUT2D eigenvalue weighted by molar-refractivity contribution is -0.139. The number of carboxylic acids is 1. The number of nitrogens with zero attached hydrogens (tertiary/aromatic N) is 3. The van der Waals surface area contributed by atoms with Gasteiger partial charge in [-0.1, -0.05) is 25.6 Å². The van der Waals surface area contributed by atoms with Gasteiger partial charge in [0.15, 0.2) is 0 Å². The van der Waals surface area contributed by atoms with Crippen LogP contribution >= 0.6 is 0 Å². The van der Waals surface area contributed by atoms with Crippen LogP contribution in [0, 0.1) is 13.8 Å². The number of aryl methyl sites for hydroxylation is 3. The molecule has 2 amide bonds. The Morgan fingerprint density at radius 2 is 1.73 bits per heavy atom. The average Bonchev–Trinajstić information content (AvgIpc) is 2.84. The quantitative estimate of drug-likeness (QED) is 0.245. The molecule has 0 spiro atoms. The number of rotatable bonds is 11. The minimum Gasteiger partial charge on any atom is -0.508 e. The van der Waals surface area contributed by atoms with Crippen molar-refractivity contribution in [2.45, 2.75) is 40.2 Å². The molecule has 0 radical (unpaired) electrons. The fourth-order valence-corrected chi connectivity index (χ4v) is 3.54. The van der Waals surface area contributed by atoms with E-state index in [-0.39, 0.29) is 31.0 Å². The predicted molar refractivity (Wildman–Crippen MR) is 139 cm³/mol. The third-order valence-corrected chi connectivity index (χ3v) is 5.30. The first kappa shape index (κ1) is 28.7. The Bertz CT molecular complexity index is 1210. The van der Waals surface area contributed by atoms with Crippen molar-refractivity contribution in [3.63, 3.8) is 0 Å². The number of hydrogen-bond acceptors (Lipinski definition) is 8. The average molecular weight is 509 g/mol. The Labute approximate surface area is 215 Å². The molecule has 0 aliphatic rings. The molecule has 2 heterocycles. The van der Waals surface area contributed by atoms with Crippen molar-refractivity contribution < 1.29 is 24.6 Å². The first-order chi connectivity index (χ1) is 17.2. The minimum atomic E-state index is -1.36. The zero-order valence-corrected chi connectivity index (χ0v) is 20.0. The molecule has 196 valence electrons. The van der Waals surface area contributed by atoms with Gasteiger partial charge in [-0.3, -0.25) is 14.6 Å². The van der Waals surface area contributed by atoms with Crippen LogP contribution in [0.25, 0.3) is 0 Å². The molecule has 1 atom stereocenters. The number of benzene rings is 1. The number of pyridine rings is 1. The topological polar surface area (TPSA) is 166 Å². The Balaban J connectivity index is 0.00000481. The van der Waals surface area contributed by atoms with E-state index in [0.717, 1.165) is 18.4 Å². The summed E-state index contributed by atoms with van der Waals surface area (Å²) in [6.45, 7) is 3.53. The zero-order valence-electron chi connectivity index (χ0n) is 20.0. The lowest BCUT2D eigenvalue weighted by Gasteiger charge is -2.17. The number of hydrogen-bond donors (Lipinski definition) is 5. The molecular formula is C26H32N6O5. The summed E-state index contributed by atoms with van der Waals surface area (Å²) in [5.74, 6) is -1.92. The lowest BCUT2D eigenvalue weighted by atomic mass is 10.1. The van der Waals surface area contributed by atoms with E-state index in [9.17, 15) is 24.6 Å². The van der Waals surface area contributed by atoms with Crippen molar-refractivity contribution in [1.29, 1.82) is 0 Å². The second kappa shape index (κ2) is 13.5. The molecule has 11 heteroatoms. The van der Waals surface area contributed by atoms with Crippen LogP contribution < -0.4 is 16.0 Å². The number of aromatic hydroxyl groups is 1. The first-order valence-electron chi connectivity index (χ1n) is 11.3. The van der Waals surface area contributed by atoms with Crippen LogP contribution in [-0.4, -0.2) is 62.1 Å². The second-order valence-corrected chi connectivity index (χ2v) is 8.08. The number of anilines is 1. The predicted octanol–water partition coefficient (Wildman–Crippen LogP) is 2.49. The monoisotopic (exact) mass is 508 g/mol. The third kappa shape index (κ3) is 8.27. The molecule has 0 aliphatic heterocycles. The molecule has 3 rings (SSSR count). The van der Waals surface area contributed by atoms with Gasteiger partial charge in [0.2, 0.25) is 5.95 Å². The van der Waals surface area contributed by atoms with E-state index in [1.54, 1.807) is 44.2 Å². The van der Waals surface area contributed by atoms with Crippen molar-refractivity contribution in [3.8, 4) is 5.75 Å². The Kier molecular flexibility index (Phi) is 10.5. The van der Waals surface area contributed by atoms with Crippen molar-refractivity contribution >= 4 is 23.7 Å². The van der Waals surface area contributed by atoms with Crippen LogP contribution in [-0.2, 0) is 11.2 Å². The molecule has 0 aliphatic carbocycles. The molecule has 0 fully saturated rings. The van der Waals surface area contributed by atoms with Crippen LogP contribution in [0.2, 0.25) is 0 Å². The highest BCUT2D eigenvalue weighted by molar-refractivity contribution is 5.99. The smallest absolute Gasteiger partial charge is 0.328 e. The van der Waals surface area contributed by atoms with E-state index in [0.29, 0.717) is 23.9 Å². The molecule has 0 unspecified atom stereocenters. The van der Waals surface area contributed by atoms with Crippen LogP contribution in [0.1, 0.15) is 51.6 Å². The summed E-state index contributed by atoms with van der Waals surface area (Å²) in [5.41, 5.74) is 2.09. The van der Waals surface area contributed by atoms with Crippen molar-refractivity contribution in [1.82, 2.24) is 25.6 Å². The van der Waals surface area contributed by atoms with E-state index in [1.165, 1.54) is 12.3 Å². The van der Waals surface area contributed by atoms with Gasteiger partial charge in [0.25, 0.3) is 11.8 Å². The second-order valence-electron chi connectivity index (χ2n) is 8.08. The number of nitrogens with one attached hydrogen (secondary N) is 3. The van der Waals surface area contributed by atoms with Crippen LogP contribution in [0.5, 0.6) is 5.75 Å².